The first kappa shape index (κ1) is 34.8. The predicted octanol–water partition coefficient (Wildman–Crippen LogP) is 7.60. The minimum absolute atomic E-state index is 0.493. The Morgan fingerprint density at radius 2 is 1.30 bits per heavy atom. The van der Waals surface area contributed by atoms with E-state index in [1.807, 2.05) is 52.0 Å². The molecule has 0 radical (unpaired) electrons. The summed E-state index contributed by atoms with van der Waals surface area (Å²) in [7, 11) is -5.58. The van der Waals surface area contributed by atoms with Gasteiger partial charge >= 0.3 is 17.6 Å². The highest BCUT2D eigenvalue weighted by molar-refractivity contribution is 6.61. The van der Waals surface area contributed by atoms with Gasteiger partial charge in [0.05, 0.1) is 0 Å². The molecule has 1 aromatic carbocycles. The molecule has 10 heteroatoms. The molecule has 0 fully saturated rings. The quantitative estimate of drug-likeness (QED) is 0.0562. The van der Waals surface area contributed by atoms with E-state index in [1.54, 1.807) is 0 Å². The molecule has 0 saturated heterocycles. The maximum absolute atomic E-state index is 6.37. The molecule has 37 heavy (non-hydrogen) atoms. The topological polar surface area (TPSA) is 55.4 Å². The summed E-state index contributed by atoms with van der Waals surface area (Å²) in [6, 6.07) is 7.48. The number of rotatable bonds is 23. The summed E-state index contributed by atoms with van der Waals surface area (Å²) in [5, 5.41) is 0.738. The number of benzene rings is 1. The lowest BCUT2D eigenvalue weighted by Gasteiger charge is -2.30. The summed E-state index contributed by atoms with van der Waals surface area (Å²) in [5.41, 5.74) is 2.40. The molecule has 1 rings (SSSR count). The minimum atomic E-state index is -2.85. The van der Waals surface area contributed by atoms with Crippen LogP contribution in [0.1, 0.15) is 64.5 Å². The second kappa shape index (κ2) is 20.6. The number of alkyl halides is 1. The molecule has 0 aliphatic rings. The van der Waals surface area contributed by atoms with E-state index in [9.17, 15) is 0 Å². The number of halogens is 2. The van der Waals surface area contributed by atoms with Crippen LogP contribution < -0.4 is 0 Å². The molecule has 0 aromatic heterocycles. The molecule has 0 heterocycles. The zero-order valence-corrected chi connectivity index (χ0v) is 27.0. The van der Waals surface area contributed by atoms with Gasteiger partial charge in [0.1, 0.15) is 0 Å². The Labute approximate surface area is 237 Å². The van der Waals surface area contributed by atoms with Crippen LogP contribution in [0.25, 0.3) is 0 Å². The first-order valence-electron chi connectivity index (χ1n) is 13.7. The van der Waals surface area contributed by atoms with Crippen LogP contribution in [-0.2, 0) is 33.0 Å². The summed E-state index contributed by atoms with van der Waals surface area (Å²) in [5.74, 6) is 0.554. The van der Waals surface area contributed by atoms with Gasteiger partial charge in [-0.15, -0.1) is 11.6 Å². The maximum atomic E-state index is 6.37. The van der Waals surface area contributed by atoms with Crippen LogP contribution in [0.4, 0.5) is 0 Å². The van der Waals surface area contributed by atoms with Crippen LogP contribution in [-0.4, -0.2) is 63.1 Å². The van der Waals surface area contributed by atoms with Gasteiger partial charge < -0.3 is 26.6 Å². The largest absolute Gasteiger partial charge is 0.501 e. The van der Waals surface area contributed by atoms with E-state index < -0.39 is 17.6 Å². The van der Waals surface area contributed by atoms with E-state index in [-0.39, 0.29) is 0 Å². The monoisotopic (exact) mass is 594 g/mol. The molecule has 0 N–H and O–H groups in total. The molecule has 6 nitrogen and oxygen atoms in total. The van der Waals surface area contributed by atoms with Crippen LogP contribution in [0.3, 0.4) is 0 Å². The number of unbranched alkanes of at least 4 members (excludes halogenated alkanes) is 2. The summed E-state index contributed by atoms with van der Waals surface area (Å²) in [6.45, 7) is 13.3. The third-order valence-corrected chi connectivity index (χ3v) is 12.2. The number of aryl methyl sites for hydroxylation is 2. The maximum Gasteiger partial charge on any atom is 0.501 e. The standard InChI is InChI=1S/C27H48Cl2O6Si2/c1-6-30-36(31-7-2,22-14-12-10-11-13-19-28)34-20-15-21-35-37(32-8-3,33-9-4)23-18-26-24-27(29)17-16-25(26)5/h11,13,16-17,24H,6-10,12,14-15,18-23H2,1-5H3. The Kier molecular flexibility index (Phi) is 19.4. The van der Waals surface area contributed by atoms with Gasteiger partial charge in [-0.25, -0.2) is 0 Å². The van der Waals surface area contributed by atoms with Gasteiger partial charge in [0.15, 0.2) is 0 Å². The Hall–Kier alpha value is -0.266. The fourth-order valence-corrected chi connectivity index (χ4v) is 9.67. The highest BCUT2D eigenvalue weighted by atomic mass is 35.5. The fourth-order valence-electron chi connectivity index (χ4n) is 4.06. The van der Waals surface area contributed by atoms with Crippen molar-refractivity contribution in [3.63, 3.8) is 0 Å². The lowest BCUT2D eigenvalue weighted by Crippen LogP contribution is -2.47. The first-order valence-corrected chi connectivity index (χ1v) is 18.5. The second-order valence-electron chi connectivity index (χ2n) is 8.59. The minimum Gasteiger partial charge on any atom is -0.374 e. The molecule has 0 unspecified atom stereocenters. The van der Waals surface area contributed by atoms with Crippen molar-refractivity contribution in [3.8, 4) is 0 Å². The van der Waals surface area contributed by atoms with E-state index in [0.29, 0.717) is 58.0 Å². The highest BCUT2D eigenvalue weighted by Gasteiger charge is 2.41. The highest BCUT2D eigenvalue weighted by Crippen LogP contribution is 2.24. The Bertz CT molecular complexity index is 742. The van der Waals surface area contributed by atoms with Crippen molar-refractivity contribution in [2.45, 2.75) is 78.8 Å². The smallest absolute Gasteiger partial charge is 0.374 e. The van der Waals surface area contributed by atoms with Gasteiger partial charge in [0, 0.05) is 62.6 Å². The lowest BCUT2D eigenvalue weighted by molar-refractivity contribution is 0.0463. The van der Waals surface area contributed by atoms with E-state index >= 15 is 0 Å². The van der Waals surface area contributed by atoms with Gasteiger partial charge in [0.2, 0.25) is 0 Å². The number of hydrogen-bond acceptors (Lipinski definition) is 6. The summed E-state index contributed by atoms with van der Waals surface area (Å²) in [4.78, 5) is 0. The van der Waals surface area contributed by atoms with Crippen molar-refractivity contribution in [1.29, 1.82) is 0 Å². The fraction of sp³-hybridized carbons (Fsp3) is 0.704. The summed E-state index contributed by atoms with van der Waals surface area (Å²) >= 11 is 11.9. The summed E-state index contributed by atoms with van der Waals surface area (Å²) < 4.78 is 37.2. The van der Waals surface area contributed by atoms with Gasteiger partial charge in [-0.2, -0.15) is 0 Å². The molecular weight excluding hydrogens is 547 g/mol. The molecule has 0 aliphatic carbocycles. The van der Waals surface area contributed by atoms with Crippen molar-refractivity contribution in [2.75, 3.05) is 45.5 Å². The van der Waals surface area contributed by atoms with Crippen LogP contribution >= 0.6 is 23.2 Å². The average Bonchev–Trinajstić information content (AvgIpc) is 2.87. The molecular formula is C27H48Cl2O6Si2. The molecule has 0 saturated carbocycles. The van der Waals surface area contributed by atoms with Crippen molar-refractivity contribution in [1.82, 2.24) is 0 Å². The van der Waals surface area contributed by atoms with Gasteiger partial charge in [0.25, 0.3) is 0 Å². The van der Waals surface area contributed by atoms with Crippen molar-refractivity contribution < 1.29 is 26.6 Å². The molecule has 0 aliphatic heterocycles. The van der Waals surface area contributed by atoms with E-state index in [4.69, 9.17) is 49.8 Å². The van der Waals surface area contributed by atoms with Crippen LogP contribution in [0, 0.1) is 6.92 Å². The van der Waals surface area contributed by atoms with E-state index in [0.717, 1.165) is 36.8 Å². The van der Waals surface area contributed by atoms with Gasteiger partial charge in [-0.3, -0.25) is 0 Å². The van der Waals surface area contributed by atoms with Crippen LogP contribution in [0.15, 0.2) is 30.4 Å². The molecule has 0 amide bonds. The predicted molar refractivity (Wildman–Crippen MR) is 158 cm³/mol. The van der Waals surface area contributed by atoms with Crippen molar-refractivity contribution >= 4 is 40.8 Å². The van der Waals surface area contributed by atoms with E-state index in [2.05, 4.69) is 13.0 Å². The molecule has 1 aromatic rings. The van der Waals surface area contributed by atoms with E-state index in [1.165, 1.54) is 11.1 Å². The third kappa shape index (κ3) is 14.1. The van der Waals surface area contributed by atoms with Gasteiger partial charge in [-0.1, -0.05) is 29.8 Å². The Morgan fingerprint density at radius 3 is 1.84 bits per heavy atom. The number of allylic oxidation sites excluding steroid dienone is 2. The molecule has 214 valence electrons. The van der Waals surface area contributed by atoms with Crippen LogP contribution in [0.5, 0.6) is 0 Å². The molecule has 0 spiro atoms. The zero-order chi connectivity index (χ0) is 27.4. The van der Waals surface area contributed by atoms with Crippen molar-refractivity contribution in [3.05, 3.63) is 46.5 Å². The average molecular weight is 596 g/mol. The van der Waals surface area contributed by atoms with Gasteiger partial charge in [-0.05, 0) is 90.0 Å². The SMILES string of the molecule is CCO[Si](CCCCC=CCCl)(OCC)OCCCO[Si](CCc1cc(Cl)ccc1C)(OCC)OCC. The molecule has 0 bridgehead atoms. The normalized spacial score (nSPS) is 12.6. The zero-order valence-electron chi connectivity index (χ0n) is 23.5. The second-order valence-corrected chi connectivity index (χ2v) is 14.8. The first-order chi connectivity index (χ1) is 17.9. The Balaban J connectivity index is 2.69. The van der Waals surface area contributed by atoms with Crippen molar-refractivity contribution in [2.24, 2.45) is 0 Å². The number of hydrogen-bond donors (Lipinski definition) is 0. The lowest BCUT2D eigenvalue weighted by atomic mass is 10.1. The van der Waals surface area contributed by atoms with Crippen LogP contribution in [0.2, 0.25) is 17.1 Å². The Morgan fingerprint density at radius 1 is 0.730 bits per heavy atom. The third-order valence-electron chi connectivity index (χ3n) is 5.76. The molecule has 0 atom stereocenters. The summed E-state index contributed by atoms with van der Waals surface area (Å²) in [6.07, 6.45) is 8.65.